The molecule has 29 heavy (non-hydrogen) atoms. The van der Waals surface area contributed by atoms with Gasteiger partial charge in [0.1, 0.15) is 5.60 Å². The zero-order valence-electron chi connectivity index (χ0n) is 15.9. The van der Waals surface area contributed by atoms with Gasteiger partial charge in [0.15, 0.2) is 0 Å². The quantitative estimate of drug-likeness (QED) is 0.385. The van der Waals surface area contributed by atoms with Gasteiger partial charge in [-0.1, -0.05) is 36.1 Å². The van der Waals surface area contributed by atoms with Gasteiger partial charge >= 0.3 is 0 Å². The summed E-state index contributed by atoms with van der Waals surface area (Å²) in [6.45, 7) is 1.51. The summed E-state index contributed by atoms with van der Waals surface area (Å²) in [6.07, 6.45) is 3.07. The molecule has 2 aliphatic heterocycles. The molecule has 0 unspecified atom stereocenters. The second-order valence-corrected chi connectivity index (χ2v) is 7.58. The van der Waals surface area contributed by atoms with Crippen molar-refractivity contribution in [1.29, 1.82) is 0 Å². The van der Waals surface area contributed by atoms with Crippen molar-refractivity contribution in [2.24, 2.45) is 0 Å². The lowest BCUT2D eigenvalue weighted by Crippen LogP contribution is -2.40. The van der Waals surface area contributed by atoms with Gasteiger partial charge in [0.05, 0.1) is 11.3 Å². The lowest BCUT2D eigenvalue weighted by molar-refractivity contribution is -0.110. The van der Waals surface area contributed by atoms with Crippen molar-refractivity contribution in [3.63, 3.8) is 0 Å². The molecule has 0 atom stereocenters. The number of amides is 1. The Balaban J connectivity index is 1.57. The number of hydrogen-bond acceptors (Lipinski definition) is 3. The fraction of sp³-hybridized carbons (Fsp3) is 0.208. The molecule has 3 aromatic rings. The number of piperidine rings is 1. The van der Waals surface area contributed by atoms with E-state index in [-0.39, 0.29) is 5.91 Å². The van der Waals surface area contributed by atoms with E-state index in [0.717, 1.165) is 46.5 Å². The number of para-hydroxylation sites is 1. The van der Waals surface area contributed by atoms with E-state index in [1.165, 1.54) is 0 Å². The number of carbonyl (C=O) groups is 1. The molecule has 2 aliphatic rings. The zero-order valence-corrected chi connectivity index (χ0v) is 15.9. The number of rotatable bonds is 1. The molecule has 5 rings (SSSR count). The molecule has 0 saturated carbocycles. The monoisotopic (exact) mass is 383 g/mol. The molecule has 0 aliphatic carbocycles. The van der Waals surface area contributed by atoms with E-state index in [0.29, 0.717) is 18.4 Å². The van der Waals surface area contributed by atoms with Gasteiger partial charge in [0.2, 0.25) is 0 Å². The van der Waals surface area contributed by atoms with Gasteiger partial charge in [0, 0.05) is 22.3 Å². The Labute approximate surface area is 168 Å². The Morgan fingerprint density at radius 3 is 2.72 bits per heavy atom. The molecule has 5 nitrogen and oxygen atoms in total. The van der Waals surface area contributed by atoms with E-state index in [1.54, 1.807) is 0 Å². The number of aliphatic hydroxyl groups is 1. The molecule has 5 heteroatoms. The van der Waals surface area contributed by atoms with E-state index in [9.17, 15) is 9.90 Å². The SMILES string of the molecule is O=C1Nc2cccc(C#CC3(O)CCNCC3)c2C1=Cc1cc2ccccc2[nH]1. The van der Waals surface area contributed by atoms with Crippen LogP contribution in [0.4, 0.5) is 5.69 Å². The zero-order chi connectivity index (χ0) is 19.8. The van der Waals surface area contributed by atoms with Crippen LogP contribution < -0.4 is 10.6 Å². The number of aromatic amines is 1. The van der Waals surface area contributed by atoms with Crippen molar-refractivity contribution in [3.8, 4) is 11.8 Å². The summed E-state index contributed by atoms with van der Waals surface area (Å²) >= 11 is 0. The van der Waals surface area contributed by atoms with Crippen molar-refractivity contribution in [1.82, 2.24) is 10.3 Å². The van der Waals surface area contributed by atoms with Gasteiger partial charge in [0.25, 0.3) is 5.91 Å². The van der Waals surface area contributed by atoms with E-state index in [1.807, 2.05) is 54.6 Å². The van der Waals surface area contributed by atoms with Gasteiger partial charge in [-0.2, -0.15) is 0 Å². The number of H-pyrrole nitrogens is 1. The van der Waals surface area contributed by atoms with Crippen molar-refractivity contribution in [2.75, 3.05) is 18.4 Å². The van der Waals surface area contributed by atoms with Crippen LogP contribution in [-0.4, -0.2) is 34.7 Å². The second kappa shape index (κ2) is 6.93. The normalized spacial score (nSPS) is 18.9. The molecule has 1 amide bonds. The highest BCUT2D eigenvalue weighted by atomic mass is 16.3. The maximum absolute atomic E-state index is 12.7. The lowest BCUT2D eigenvalue weighted by Gasteiger charge is -2.27. The van der Waals surface area contributed by atoms with Crippen molar-refractivity contribution in [2.45, 2.75) is 18.4 Å². The molecule has 2 aromatic carbocycles. The highest BCUT2D eigenvalue weighted by Crippen LogP contribution is 2.36. The maximum atomic E-state index is 12.7. The summed E-state index contributed by atoms with van der Waals surface area (Å²) < 4.78 is 0. The standard InChI is InChI=1S/C24H21N3O2/c28-23-19(15-18-14-17-4-1-2-6-20(17)26-18)22-16(5-3-7-21(22)27-23)8-9-24(29)10-12-25-13-11-24/h1-7,14-15,25-26,29H,10-13H2,(H,27,28). The topological polar surface area (TPSA) is 77.2 Å². The summed E-state index contributed by atoms with van der Waals surface area (Å²) in [7, 11) is 0. The Kier molecular flexibility index (Phi) is 4.24. The van der Waals surface area contributed by atoms with Crippen LogP contribution in [0.2, 0.25) is 0 Å². The van der Waals surface area contributed by atoms with Crippen molar-refractivity contribution < 1.29 is 9.90 Å². The number of fused-ring (bicyclic) bond motifs is 2. The average molecular weight is 383 g/mol. The van der Waals surface area contributed by atoms with Gasteiger partial charge in [-0.15, -0.1) is 0 Å². The third-order valence-corrected chi connectivity index (χ3v) is 5.54. The van der Waals surface area contributed by atoms with Crippen LogP contribution in [0.25, 0.3) is 22.6 Å². The highest BCUT2D eigenvalue weighted by Gasteiger charge is 2.28. The summed E-state index contributed by atoms with van der Waals surface area (Å²) in [4.78, 5) is 16.0. The Morgan fingerprint density at radius 2 is 1.90 bits per heavy atom. The van der Waals surface area contributed by atoms with Crippen molar-refractivity contribution in [3.05, 3.63) is 65.4 Å². The molecule has 1 saturated heterocycles. The largest absolute Gasteiger partial charge is 0.377 e. The predicted octanol–water partition coefficient (Wildman–Crippen LogP) is 3.13. The molecule has 0 radical (unpaired) electrons. The van der Waals surface area contributed by atoms with E-state index in [2.05, 4.69) is 27.5 Å². The lowest BCUT2D eigenvalue weighted by atomic mass is 9.92. The third kappa shape index (κ3) is 3.33. The van der Waals surface area contributed by atoms with Gasteiger partial charge in [-0.25, -0.2) is 0 Å². The number of hydrogen-bond donors (Lipinski definition) is 4. The molecule has 0 spiro atoms. The van der Waals surface area contributed by atoms with Crippen LogP contribution >= 0.6 is 0 Å². The fourth-order valence-electron chi connectivity index (χ4n) is 3.97. The Hall–Kier alpha value is -3.33. The van der Waals surface area contributed by atoms with Crippen LogP contribution in [-0.2, 0) is 4.79 Å². The number of benzene rings is 2. The first-order chi connectivity index (χ1) is 14.1. The average Bonchev–Trinajstić information content (AvgIpc) is 3.28. The molecule has 1 aromatic heterocycles. The first-order valence-electron chi connectivity index (χ1n) is 9.82. The van der Waals surface area contributed by atoms with Gasteiger partial charge in [-0.3, -0.25) is 4.79 Å². The van der Waals surface area contributed by atoms with Crippen LogP contribution in [0.15, 0.2) is 48.5 Å². The molecule has 1 fully saturated rings. The van der Waals surface area contributed by atoms with Gasteiger partial charge < -0.3 is 20.7 Å². The molecule has 0 bridgehead atoms. The van der Waals surface area contributed by atoms with Gasteiger partial charge in [-0.05, 0) is 61.7 Å². The number of aromatic nitrogens is 1. The smallest absolute Gasteiger partial charge is 0.256 e. The third-order valence-electron chi connectivity index (χ3n) is 5.54. The highest BCUT2D eigenvalue weighted by molar-refractivity contribution is 6.35. The van der Waals surface area contributed by atoms with Crippen molar-refractivity contribution >= 4 is 34.1 Å². The van der Waals surface area contributed by atoms with Crippen LogP contribution in [0.3, 0.4) is 0 Å². The summed E-state index contributed by atoms with van der Waals surface area (Å²) in [6, 6.07) is 15.7. The van der Waals surface area contributed by atoms with Crippen LogP contribution in [0.1, 0.15) is 29.7 Å². The number of anilines is 1. The molecular weight excluding hydrogens is 362 g/mol. The number of nitrogens with one attached hydrogen (secondary N) is 3. The van der Waals surface area contributed by atoms with E-state index in [4.69, 9.17) is 0 Å². The first kappa shape index (κ1) is 17.7. The Morgan fingerprint density at radius 1 is 1.07 bits per heavy atom. The predicted molar refractivity (Wildman–Crippen MR) is 115 cm³/mol. The fourth-order valence-corrected chi connectivity index (χ4v) is 3.97. The van der Waals surface area contributed by atoms with E-state index >= 15 is 0 Å². The first-order valence-corrected chi connectivity index (χ1v) is 9.82. The molecule has 4 N–H and O–H groups in total. The Bertz CT molecular complexity index is 1170. The summed E-state index contributed by atoms with van der Waals surface area (Å²) in [5.41, 5.74) is 3.78. The second-order valence-electron chi connectivity index (χ2n) is 7.58. The molecular formula is C24H21N3O2. The molecule has 3 heterocycles. The number of carbonyl (C=O) groups excluding carboxylic acids is 1. The minimum atomic E-state index is -0.981. The minimum Gasteiger partial charge on any atom is -0.377 e. The van der Waals surface area contributed by atoms with E-state index < -0.39 is 5.60 Å². The van der Waals surface area contributed by atoms with Crippen LogP contribution in [0.5, 0.6) is 0 Å². The minimum absolute atomic E-state index is 0.145. The maximum Gasteiger partial charge on any atom is 0.256 e. The molecule has 144 valence electrons. The van der Waals surface area contributed by atoms with Crippen LogP contribution in [0, 0.1) is 11.8 Å². The summed E-state index contributed by atoms with van der Waals surface area (Å²) in [5.74, 6) is 6.06. The summed E-state index contributed by atoms with van der Waals surface area (Å²) in [5, 5.41) is 18.0.